The van der Waals surface area contributed by atoms with Gasteiger partial charge in [-0.05, 0) is 71.6 Å². The maximum Gasteiger partial charge on any atom is 0.169 e. The molecule has 1 unspecified atom stereocenters. The van der Waals surface area contributed by atoms with Crippen LogP contribution in [0.15, 0.2) is 36.4 Å². The number of halogens is 6. The highest BCUT2D eigenvalue weighted by atomic mass is 19.2. The lowest BCUT2D eigenvalue weighted by Crippen LogP contribution is -2.19. The summed E-state index contributed by atoms with van der Waals surface area (Å²) in [6, 6.07) is 7.39. The first kappa shape index (κ1) is 20.5. The molecular weight excluding hydrogens is 402 g/mol. The summed E-state index contributed by atoms with van der Waals surface area (Å²) in [7, 11) is 0. The van der Waals surface area contributed by atoms with Crippen LogP contribution < -0.4 is 0 Å². The summed E-state index contributed by atoms with van der Waals surface area (Å²) in [5.74, 6) is -6.58. The quantitative estimate of drug-likeness (QED) is 0.315. The van der Waals surface area contributed by atoms with E-state index < -0.39 is 46.4 Å². The van der Waals surface area contributed by atoms with Crippen LogP contribution in [0.5, 0.6) is 0 Å². The third-order valence-electron chi connectivity index (χ3n) is 5.86. The summed E-state index contributed by atoms with van der Waals surface area (Å²) >= 11 is 0. The normalized spacial score (nSPS) is 15.9. The summed E-state index contributed by atoms with van der Waals surface area (Å²) in [5.41, 5.74) is -0.340. The monoisotopic (exact) mass is 420 g/mol. The maximum atomic E-state index is 15.1. The van der Waals surface area contributed by atoms with Gasteiger partial charge in [0.05, 0.1) is 5.56 Å². The topological polar surface area (TPSA) is 0 Å². The smallest absolute Gasteiger partial charge is 0.169 e. The highest BCUT2D eigenvalue weighted by Crippen LogP contribution is 2.41. The number of hydrogen-bond acceptors (Lipinski definition) is 0. The third-order valence-corrected chi connectivity index (χ3v) is 5.86. The molecule has 0 aromatic heterocycles. The molecule has 4 rings (SSSR count). The Morgan fingerprint density at radius 1 is 0.733 bits per heavy atom. The van der Waals surface area contributed by atoms with Crippen LogP contribution in [-0.2, 0) is 19.3 Å². The summed E-state index contributed by atoms with van der Waals surface area (Å²) < 4.78 is 86.7. The summed E-state index contributed by atoms with van der Waals surface area (Å²) in [4.78, 5) is 0. The van der Waals surface area contributed by atoms with Crippen molar-refractivity contribution in [3.05, 3.63) is 93.6 Å². The van der Waals surface area contributed by atoms with E-state index in [2.05, 4.69) is 0 Å². The molecule has 0 spiro atoms. The van der Waals surface area contributed by atoms with Gasteiger partial charge in [-0.2, -0.15) is 0 Å². The van der Waals surface area contributed by atoms with Crippen LogP contribution in [0.3, 0.4) is 0 Å². The second kappa shape index (κ2) is 7.82. The van der Waals surface area contributed by atoms with Crippen molar-refractivity contribution < 1.29 is 26.3 Å². The highest BCUT2D eigenvalue weighted by molar-refractivity contribution is 5.67. The Morgan fingerprint density at radius 3 is 2.10 bits per heavy atom. The SMILES string of the molecule is CCc1ccc(C2CCc3c(F)c(-c4ccc(F)cc4)c(F)c(F)c3C2)c(F)c1F. The number of rotatable bonds is 3. The minimum atomic E-state index is -1.37. The van der Waals surface area contributed by atoms with Gasteiger partial charge in [0.1, 0.15) is 11.6 Å². The zero-order valence-corrected chi connectivity index (χ0v) is 16.1. The molecule has 156 valence electrons. The molecule has 1 atom stereocenters. The molecule has 3 aromatic rings. The van der Waals surface area contributed by atoms with Crippen molar-refractivity contribution in [1.82, 2.24) is 0 Å². The Morgan fingerprint density at radius 2 is 1.43 bits per heavy atom. The van der Waals surface area contributed by atoms with E-state index in [0.717, 1.165) is 12.1 Å². The zero-order valence-electron chi connectivity index (χ0n) is 16.1. The van der Waals surface area contributed by atoms with Crippen molar-refractivity contribution in [2.75, 3.05) is 0 Å². The van der Waals surface area contributed by atoms with Crippen LogP contribution in [0.25, 0.3) is 11.1 Å². The van der Waals surface area contributed by atoms with Crippen molar-refractivity contribution in [1.29, 1.82) is 0 Å². The van der Waals surface area contributed by atoms with E-state index in [4.69, 9.17) is 0 Å². The van der Waals surface area contributed by atoms with Crippen LogP contribution in [0.2, 0.25) is 0 Å². The first-order valence-corrected chi connectivity index (χ1v) is 9.74. The van der Waals surface area contributed by atoms with Gasteiger partial charge in [-0.1, -0.05) is 31.2 Å². The van der Waals surface area contributed by atoms with E-state index in [1.54, 1.807) is 6.92 Å². The second-order valence-corrected chi connectivity index (χ2v) is 7.52. The minimum Gasteiger partial charge on any atom is -0.207 e. The fourth-order valence-corrected chi connectivity index (χ4v) is 4.22. The third kappa shape index (κ3) is 3.28. The number of hydrogen-bond donors (Lipinski definition) is 0. The van der Waals surface area contributed by atoms with Crippen LogP contribution >= 0.6 is 0 Å². The molecule has 0 fully saturated rings. The van der Waals surface area contributed by atoms with Gasteiger partial charge in [-0.3, -0.25) is 0 Å². The number of aryl methyl sites for hydroxylation is 1. The minimum absolute atomic E-state index is 0.0236. The van der Waals surface area contributed by atoms with Crippen molar-refractivity contribution in [3.63, 3.8) is 0 Å². The Kier molecular flexibility index (Phi) is 5.35. The molecule has 0 nitrogen and oxygen atoms in total. The first-order chi connectivity index (χ1) is 14.3. The lowest BCUT2D eigenvalue weighted by Gasteiger charge is -2.27. The molecule has 1 aliphatic rings. The summed E-state index contributed by atoms with van der Waals surface area (Å²) in [5, 5.41) is 0. The fourth-order valence-electron chi connectivity index (χ4n) is 4.22. The molecule has 0 saturated heterocycles. The lowest BCUT2D eigenvalue weighted by molar-refractivity contribution is 0.442. The van der Waals surface area contributed by atoms with Gasteiger partial charge in [0, 0.05) is 0 Å². The van der Waals surface area contributed by atoms with E-state index in [1.165, 1.54) is 24.3 Å². The Balaban J connectivity index is 1.77. The van der Waals surface area contributed by atoms with Gasteiger partial charge < -0.3 is 0 Å². The largest absolute Gasteiger partial charge is 0.207 e. The van der Waals surface area contributed by atoms with Crippen LogP contribution in [0, 0.1) is 34.9 Å². The lowest BCUT2D eigenvalue weighted by atomic mass is 9.78. The molecule has 0 bridgehead atoms. The van der Waals surface area contributed by atoms with Gasteiger partial charge in [0.25, 0.3) is 0 Å². The van der Waals surface area contributed by atoms with Gasteiger partial charge in [-0.25, -0.2) is 26.3 Å². The molecule has 3 aromatic carbocycles. The summed E-state index contributed by atoms with van der Waals surface area (Å²) in [6.45, 7) is 1.70. The molecule has 0 aliphatic heterocycles. The van der Waals surface area contributed by atoms with Crippen molar-refractivity contribution in [2.24, 2.45) is 0 Å². The van der Waals surface area contributed by atoms with E-state index in [9.17, 15) is 22.0 Å². The first-order valence-electron chi connectivity index (χ1n) is 9.74. The molecule has 6 heteroatoms. The number of fused-ring (bicyclic) bond motifs is 1. The average Bonchev–Trinajstić information content (AvgIpc) is 2.75. The van der Waals surface area contributed by atoms with Gasteiger partial charge in [-0.15, -0.1) is 0 Å². The predicted molar refractivity (Wildman–Crippen MR) is 102 cm³/mol. The predicted octanol–water partition coefficient (Wildman–Crippen LogP) is 7.02. The Bertz CT molecular complexity index is 1120. The van der Waals surface area contributed by atoms with E-state index in [0.29, 0.717) is 6.42 Å². The van der Waals surface area contributed by atoms with Crippen LogP contribution in [0.1, 0.15) is 41.5 Å². The molecule has 0 radical (unpaired) electrons. The van der Waals surface area contributed by atoms with E-state index >= 15 is 4.39 Å². The maximum absolute atomic E-state index is 15.1. The molecule has 0 heterocycles. The Labute approximate surface area is 170 Å². The van der Waals surface area contributed by atoms with E-state index in [-0.39, 0.29) is 47.1 Å². The van der Waals surface area contributed by atoms with Gasteiger partial charge in [0.15, 0.2) is 23.3 Å². The van der Waals surface area contributed by atoms with Gasteiger partial charge in [0.2, 0.25) is 0 Å². The second-order valence-electron chi connectivity index (χ2n) is 7.52. The molecular formula is C24H18F6. The number of benzene rings is 3. The van der Waals surface area contributed by atoms with Crippen LogP contribution in [-0.4, -0.2) is 0 Å². The fraction of sp³-hybridized carbons (Fsp3) is 0.250. The molecule has 30 heavy (non-hydrogen) atoms. The molecule has 0 N–H and O–H groups in total. The summed E-state index contributed by atoms with van der Waals surface area (Å²) in [6.07, 6.45) is 0.502. The average molecular weight is 420 g/mol. The Hall–Kier alpha value is -2.76. The highest BCUT2D eigenvalue weighted by Gasteiger charge is 2.32. The molecule has 0 amide bonds. The van der Waals surface area contributed by atoms with Crippen molar-refractivity contribution in [2.45, 2.75) is 38.5 Å². The zero-order chi connectivity index (χ0) is 21.6. The van der Waals surface area contributed by atoms with Gasteiger partial charge >= 0.3 is 0 Å². The van der Waals surface area contributed by atoms with Crippen LogP contribution in [0.4, 0.5) is 26.3 Å². The molecule has 1 aliphatic carbocycles. The van der Waals surface area contributed by atoms with E-state index in [1.807, 2.05) is 0 Å². The van der Waals surface area contributed by atoms with Crippen molar-refractivity contribution in [3.8, 4) is 11.1 Å². The standard InChI is InChI=1S/C24H18F6/c1-2-12-5-9-16(22(28)20(12)26)14-6-10-17-18(11-14)23(29)24(30)19(21(17)27)13-3-7-15(25)8-4-13/h3-5,7-9,14H,2,6,10-11H2,1H3. The van der Waals surface area contributed by atoms with Crippen molar-refractivity contribution >= 4 is 0 Å². The molecule has 0 saturated carbocycles.